The molecule has 10 heteroatoms. The Morgan fingerprint density at radius 2 is 2.00 bits per heavy atom. The normalized spacial score (nSPS) is 24.9. The van der Waals surface area contributed by atoms with E-state index in [1.807, 2.05) is 0 Å². The number of anilines is 3. The zero-order chi connectivity index (χ0) is 19.8. The molecule has 2 bridgehead atoms. The minimum atomic E-state index is 0.386. The van der Waals surface area contributed by atoms with Crippen molar-refractivity contribution in [1.29, 1.82) is 0 Å². The molecule has 0 amide bonds. The Kier molecular flexibility index (Phi) is 5.19. The van der Waals surface area contributed by atoms with Crippen molar-refractivity contribution in [2.24, 2.45) is 0 Å². The first-order valence-corrected chi connectivity index (χ1v) is 10.6. The third kappa shape index (κ3) is 3.74. The fourth-order valence-electron chi connectivity index (χ4n) is 4.20. The number of rotatable bonds is 2. The molecule has 3 aliphatic rings. The number of ether oxygens (including phenoxy) is 2. The van der Waals surface area contributed by atoms with Crippen LogP contribution in [0.25, 0.3) is 0 Å². The number of nitrogens with zero attached hydrogens (tertiary/aromatic N) is 5. The van der Waals surface area contributed by atoms with Gasteiger partial charge in [-0.1, -0.05) is 11.6 Å². The Morgan fingerprint density at radius 3 is 2.83 bits per heavy atom. The van der Waals surface area contributed by atoms with Gasteiger partial charge in [-0.05, 0) is 26.2 Å². The molecular weight excluding hydrogens is 394 g/mol. The summed E-state index contributed by atoms with van der Waals surface area (Å²) in [5.74, 6) is 1.72. The van der Waals surface area contributed by atoms with Crippen LogP contribution in [0, 0.1) is 6.92 Å². The Hall–Kier alpha value is -2.10. The summed E-state index contributed by atoms with van der Waals surface area (Å²) in [6, 6.07) is 1.00. The molecule has 156 valence electrons. The lowest BCUT2D eigenvalue weighted by molar-refractivity contribution is -0.0166. The molecule has 0 spiro atoms. The van der Waals surface area contributed by atoms with Gasteiger partial charge in [0, 0.05) is 25.7 Å². The number of halogens is 1. The first-order valence-electron chi connectivity index (χ1n) is 10.3. The maximum absolute atomic E-state index is 6.20. The van der Waals surface area contributed by atoms with E-state index in [4.69, 9.17) is 26.2 Å². The zero-order valence-electron chi connectivity index (χ0n) is 16.5. The third-order valence-corrected chi connectivity index (χ3v) is 6.22. The lowest BCUT2D eigenvalue weighted by Crippen LogP contribution is -2.50. The molecule has 1 aliphatic carbocycles. The molecule has 2 aliphatic heterocycles. The van der Waals surface area contributed by atoms with Gasteiger partial charge in [0.2, 0.25) is 5.95 Å². The van der Waals surface area contributed by atoms with Gasteiger partial charge in [-0.2, -0.15) is 4.98 Å². The van der Waals surface area contributed by atoms with E-state index >= 15 is 0 Å². The van der Waals surface area contributed by atoms with E-state index in [0.717, 1.165) is 63.5 Å². The number of nitrogens with one attached hydrogen (secondary N) is 2. The van der Waals surface area contributed by atoms with Gasteiger partial charge in [0.25, 0.3) is 5.88 Å². The number of hydrogen-bond acceptors (Lipinski definition) is 8. The highest BCUT2D eigenvalue weighted by atomic mass is 35.5. The summed E-state index contributed by atoms with van der Waals surface area (Å²) in [5, 5.41) is 11.8. The molecule has 2 fully saturated rings. The summed E-state index contributed by atoms with van der Waals surface area (Å²) >= 11 is 6.20. The van der Waals surface area contributed by atoms with Crippen molar-refractivity contribution in [2.75, 3.05) is 50.1 Å². The van der Waals surface area contributed by atoms with Crippen molar-refractivity contribution in [3.05, 3.63) is 16.9 Å². The lowest BCUT2D eigenvalue weighted by Gasteiger charge is -2.44. The van der Waals surface area contributed by atoms with E-state index in [1.165, 1.54) is 0 Å². The van der Waals surface area contributed by atoms with Crippen LogP contribution in [0.15, 0.2) is 6.20 Å². The van der Waals surface area contributed by atoms with E-state index in [1.54, 1.807) is 6.20 Å². The fourth-order valence-corrected chi connectivity index (χ4v) is 4.36. The molecule has 0 unspecified atom stereocenters. The molecule has 0 atom stereocenters. The second kappa shape index (κ2) is 7.97. The SMILES string of the molecule is Cc1c2c(nn1C1CC(N3CCOCC3)C1)OCCCNc1nc(ncc1Cl)N2. The second-order valence-corrected chi connectivity index (χ2v) is 8.19. The summed E-state index contributed by atoms with van der Waals surface area (Å²) in [4.78, 5) is 11.3. The maximum atomic E-state index is 6.20. The molecule has 2 N–H and O–H groups in total. The zero-order valence-corrected chi connectivity index (χ0v) is 17.3. The monoisotopic (exact) mass is 419 g/mol. The van der Waals surface area contributed by atoms with Crippen molar-refractivity contribution in [3.63, 3.8) is 0 Å². The van der Waals surface area contributed by atoms with Crippen molar-refractivity contribution < 1.29 is 9.47 Å². The van der Waals surface area contributed by atoms with E-state index < -0.39 is 0 Å². The first kappa shape index (κ1) is 18.9. The minimum absolute atomic E-state index is 0.386. The van der Waals surface area contributed by atoms with Gasteiger partial charge in [0.1, 0.15) is 10.7 Å². The topological polar surface area (TPSA) is 89.4 Å². The summed E-state index contributed by atoms with van der Waals surface area (Å²) in [7, 11) is 0. The van der Waals surface area contributed by atoms with Gasteiger partial charge < -0.3 is 20.1 Å². The molecule has 2 aromatic heterocycles. The Labute approximate surface area is 174 Å². The Morgan fingerprint density at radius 1 is 1.17 bits per heavy atom. The van der Waals surface area contributed by atoms with Crippen molar-refractivity contribution >= 4 is 29.1 Å². The minimum Gasteiger partial charge on any atom is -0.475 e. The molecule has 1 saturated heterocycles. The molecular formula is C19H26ClN7O2. The predicted octanol–water partition coefficient (Wildman–Crippen LogP) is 2.61. The summed E-state index contributed by atoms with van der Waals surface area (Å²) in [6.07, 6.45) is 4.64. The summed E-state index contributed by atoms with van der Waals surface area (Å²) in [5.41, 5.74) is 1.87. The molecule has 29 heavy (non-hydrogen) atoms. The molecule has 4 heterocycles. The van der Waals surface area contributed by atoms with Crippen LogP contribution in [0.1, 0.15) is 31.0 Å². The highest BCUT2D eigenvalue weighted by Crippen LogP contribution is 2.40. The Bertz CT molecular complexity index is 878. The van der Waals surface area contributed by atoms with Gasteiger partial charge in [-0.15, -0.1) is 5.10 Å². The largest absolute Gasteiger partial charge is 0.475 e. The highest BCUT2D eigenvalue weighted by Gasteiger charge is 2.37. The maximum Gasteiger partial charge on any atom is 0.257 e. The van der Waals surface area contributed by atoms with E-state index in [-0.39, 0.29) is 0 Å². The number of morpholine rings is 1. The van der Waals surface area contributed by atoms with Gasteiger partial charge in [0.05, 0.1) is 37.8 Å². The van der Waals surface area contributed by atoms with Gasteiger partial charge in [-0.3, -0.25) is 9.58 Å². The Balaban J connectivity index is 1.37. The predicted molar refractivity (Wildman–Crippen MR) is 110 cm³/mol. The van der Waals surface area contributed by atoms with E-state index in [9.17, 15) is 0 Å². The quantitative estimate of drug-likeness (QED) is 0.767. The third-order valence-electron chi connectivity index (χ3n) is 5.95. The average Bonchev–Trinajstić information content (AvgIpc) is 2.97. The number of fused-ring (bicyclic) bond motifs is 3. The van der Waals surface area contributed by atoms with Crippen molar-refractivity contribution in [2.45, 2.75) is 38.3 Å². The van der Waals surface area contributed by atoms with Crippen LogP contribution in [-0.2, 0) is 4.74 Å². The number of hydrogen-bond donors (Lipinski definition) is 2. The van der Waals surface area contributed by atoms with Crippen LogP contribution in [0.5, 0.6) is 5.88 Å². The van der Waals surface area contributed by atoms with Crippen LogP contribution in [-0.4, -0.2) is 70.1 Å². The van der Waals surface area contributed by atoms with Gasteiger partial charge >= 0.3 is 0 Å². The smallest absolute Gasteiger partial charge is 0.257 e. The van der Waals surface area contributed by atoms with Crippen LogP contribution in [0.2, 0.25) is 5.02 Å². The molecule has 5 rings (SSSR count). The van der Waals surface area contributed by atoms with E-state index in [0.29, 0.717) is 41.4 Å². The second-order valence-electron chi connectivity index (χ2n) is 7.78. The van der Waals surface area contributed by atoms with Gasteiger partial charge in [-0.25, -0.2) is 4.98 Å². The molecule has 0 aromatic carbocycles. The molecule has 9 nitrogen and oxygen atoms in total. The summed E-state index contributed by atoms with van der Waals surface area (Å²) < 4.78 is 13.6. The molecule has 2 aromatic rings. The van der Waals surface area contributed by atoms with Gasteiger partial charge in [0.15, 0.2) is 5.82 Å². The standard InChI is InChI=1S/C19H26ClN7O2/c1-12-16-18(25-27(12)14-9-13(10-14)26-4-7-28-8-5-26)29-6-2-3-21-17-15(20)11-22-19(23-16)24-17/h11,13-14H,2-10H2,1H3,(H2,21,22,23,24). The first-order chi connectivity index (χ1) is 14.2. The average molecular weight is 420 g/mol. The van der Waals surface area contributed by atoms with Crippen LogP contribution in [0.4, 0.5) is 17.5 Å². The lowest BCUT2D eigenvalue weighted by atomic mass is 9.85. The molecule has 0 radical (unpaired) electrons. The fraction of sp³-hybridized carbons (Fsp3) is 0.632. The summed E-state index contributed by atoms with van der Waals surface area (Å²) in [6.45, 7) is 7.09. The highest BCUT2D eigenvalue weighted by molar-refractivity contribution is 6.32. The van der Waals surface area contributed by atoms with Crippen LogP contribution in [0.3, 0.4) is 0 Å². The van der Waals surface area contributed by atoms with E-state index in [2.05, 4.69) is 37.1 Å². The van der Waals surface area contributed by atoms with Crippen molar-refractivity contribution in [3.8, 4) is 5.88 Å². The van der Waals surface area contributed by atoms with Crippen molar-refractivity contribution in [1.82, 2.24) is 24.6 Å². The van der Waals surface area contributed by atoms with Crippen LogP contribution < -0.4 is 15.4 Å². The number of aromatic nitrogens is 4. The molecule has 1 saturated carbocycles. The van der Waals surface area contributed by atoms with Crippen LogP contribution >= 0.6 is 11.6 Å².